The molecule has 0 aromatic heterocycles. The molecule has 0 radical (unpaired) electrons. The smallest absolute Gasteiger partial charge is 0.0107 e. The molecule has 0 amide bonds. The van der Waals surface area contributed by atoms with E-state index in [1.165, 1.54) is 25.9 Å². The molecule has 1 aliphatic rings. The highest BCUT2D eigenvalue weighted by Crippen LogP contribution is 2.34. The SMILES string of the molecule is CCN(CC)CCNCCN(C)C(C)C1CC1. The first-order valence-corrected chi connectivity index (χ1v) is 7.32. The first-order chi connectivity index (χ1) is 8.19. The minimum atomic E-state index is 0.777. The second kappa shape index (κ2) is 8.06. The quantitative estimate of drug-likeness (QED) is 0.587. The number of rotatable bonds is 10. The molecular formula is C14H31N3. The van der Waals surface area contributed by atoms with Crippen molar-refractivity contribution in [3.8, 4) is 0 Å². The lowest BCUT2D eigenvalue weighted by Crippen LogP contribution is -2.38. The number of hydrogen-bond acceptors (Lipinski definition) is 3. The summed E-state index contributed by atoms with van der Waals surface area (Å²) in [5, 5.41) is 3.55. The van der Waals surface area contributed by atoms with Gasteiger partial charge in [-0.25, -0.2) is 0 Å². The maximum Gasteiger partial charge on any atom is 0.0107 e. The van der Waals surface area contributed by atoms with Gasteiger partial charge >= 0.3 is 0 Å². The summed E-state index contributed by atoms with van der Waals surface area (Å²) in [6.45, 7) is 13.7. The zero-order valence-electron chi connectivity index (χ0n) is 12.2. The molecule has 1 fully saturated rings. The maximum absolute atomic E-state index is 3.55. The fourth-order valence-corrected chi connectivity index (χ4v) is 2.30. The Kier molecular flexibility index (Phi) is 7.09. The van der Waals surface area contributed by atoms with Crippen LogP contribution in [0.1, 0.15) is 33.6 Å². The lowest BCUT2D eigenvalue weighted by molar-refractivity contribution is 0.232. The van der Waals surface area contributed by atoms with Crippen LogP contribution in [0.15, 0.2) is 0 Å². The zero-order chi connectivity index (χ0) is 12.7. The van der Waals surface area contributed by atoms with Gasteiger partial charge in [0.2, 0.25) is 0 Å². The van der Waals surface area contributed by atoms with E-state index >= 15 is 0 Å². The van der Waals surface area contributed by atoms with Crippen molar-refractivity contribution in [1.82, 2.24) is 15.1 Å². The van der Waals surface area contributed by atoms with Crippen molar-refractivity contribution in [3.63, 3.8) is 0 Å². The van der Waals surface area contributed by atoms with E-state index in [1.54, 1.807) is 0 Å². The summed E-state index contributed by atoms with van der Waals surface area (Å²) >= 11 is 0. The molecule has 1 rings (SSSR count). The monoisotopic (exact) mass is 241 g/mol. The Balaban J connectivity index is 1.95. The molecule has 3 heteroatoms. The van der Waals surface area contributed by atoms with Crippen molar-refractivity contribution in [2.45, 2.75) is 39.7 Å². The van der Waals surface area contributed by atoms with Crippen LogP contribution in [0.2, 0.25) is 0 Å². The predicted octanol–water partition coefficient (Wildman–Crippen LogP) is 1.65. The normalized spacial score (nSPS) is 18.0. The molecule has 0 heterocycles. The van der Waals surface area contributed by atoms with Crippen molar-refractivity contribution >= 4 is 0 Å². The lowest BCUT2D eigenvalue weighted by atomic mass is 10.2. The van der Waals surface area contributed by atoms with Crippen LogP contribution in [0.25, 0.3) is 0 Å². The van der Waals surface area contributed by atoms with Crippen LogP contribution >= 0.6 is 0 Å². The van der Waals surface area contributed by atoms with Crippen molar-refractivity contribution in [2.75, 3.05) is 46.3 Å². The van der Waals surface area contributed by atoms with Crippen molar-refractivity contribution in [2.24, 2.45) is 5.92 Å². The molecular weight excluding hydrogens is 210 g/mol. The summed E-state index contributed by atoms with van der Waals surface area (Å²) in [5.41, 5.74) is 0. The van der Waals surface area contributed by atoms with Gasteiger partial charge in [-0.1, -0.05) is 13.8 Å². The average molecular weight is 241 g/mol. The van der Waals surface area contributed by atoms with Gasteiger partial charge in [-0.05, 0) is 45.8 Å². The van der Waals surface area contributed by atoms with Crippen LogP contribution in [0.5, 0.6) is 0 Å². The molecule has 1 N–H and O–H groups in total. The summed E-state index contributed by atoms with van der Waals surface area (Å²) < 4.78 is 0. The van der Waals surface area contributed by atoms with Crippen LogP contribution in [0.4, 0.5) is 0 Å². The fourth-order valence-electron chi connectivity index (χ4n) is 2.30. The number of nitrogens with one attached hydrogen (secondary N) is 1. The third-order valence-electron chi connectivity index (χ3n) is 4.14. The molecule has 0 bridgehead atoms. The Labute approximate surface area is 108 Å². The Hall–Kier alpha value is -0.120. The summed E-state index contributed by atoms with van der Waals surface area (Å²) in [5.74, 6) is 0.982. The summed E-state index contributed by atoms with van der Waals surface area (Å²) in [6, 6.07) is 0.777. The topological polar surface area (TPSA) is 18.5 Å². The highest BCUT2D eigenvalue weighted by molar-refractivity contribution is 4.84. The highest BCUT2D eigenvalue weighted by atomic mass is 15.2. The molecule has 0 aromatic carbocycles. The first kappa shape index (κ1) is 14.9. The van der Waals surface area contributed by atoms with Crippen LogP contribution in [0, 0.1) is 5.92 Å². The van der Waals surface area contributed by atoms with E-state index in [1.807, 2.05) is 0 Å². The zero-order valence-corrected chi connectivity index (χ0v) is 12.2. The van der Waals surface area contributed by atoms with Gasteiger partial charge in [0.05, 0.1) is 0 Å². The van der Waals surface area contributed by atoms with Gasteiger partial charge in [0.1, 0.15) is 0 Å². The standard InChI is InChI=1S/C14H31N3/c1-5-17(6-2)12-10-15-9-11-16(4)13(3)14-7-8-14/h13-15H,5-12H2,1-4H3. The van der Waals surface area contributed by atoms with E-state index < -0.39 is 0 Å². The van der Waals surface area contributed by atoms with Gasteiger partial charge in [-0.15, -0.1) is 0 Å². The molecule has 1 atom stereocenters. The number of hydrogen-bond donors (Lipinski definition) is 1. The summed E-state index contributed by atoms with van der Waals surface area (Å²) in [4.78, 5) is 4.96. The van der Waals surface area contributed by atoms with Gasteiger partial charge in [0, 0.05) is 32.2 Å². The van der Waals surface area contributed by atoms with E-state index in [2.05, 4.69) is 42.9 Å². The third-order valence-corrected chi connectivity index (χ3v) is 4.14. The second-order valence-electron chi connectivity index (χ2n) is 5.34. The van der Waals surface area contributed by atoms with Crippen molar-refractivity contribution in [1.29, 1.82) is 0 Å². The minimum Gasteiger partial charge on any atom is -0.314 e. The third kappa shape index (κ3) is 5.84. The Morgan fingerprint density at radius 2 is 1.71 bits per heavy atom. The van der Waals surface area contributed by atoms with Gasteiger partial charge < -0.3 is 15.1 Å². The van der Waals surface area contributed by atoms with Gasteiger partial charge in [-0.3, -0.25) is 0 Å². The highest BCUT2D eigenvalue weighted by Gasteiger charge is 2.29. The van der Waals surface area contributed by atoms with Crippen molar-refractivity contribution in [3.05, 3.63) is 0 Å². The van der Waals surface area contributed by atoms with Crippen LogP contribution < -0.4 is 5.32 Å². The molecule has 102 valence electrons. The van der Waals surface area contributed by atoms with Crippen molar-refractivity contribution < 1.29 is 0 Å². The Morgan fingerprint density at radius 1 is 1.12 bits per heavy atom. The predicted molar refractivity (Wildman–Crippen MR) is 75.5 cm³/mol. The minimum absolute atomic E-state index is 0.777. The van der Waals surface area contributed by atoms with Crippen LogP contribution in [-0.2, 0) is 0 Å². The fraction of sp³-hybridized carbons (Fsp3) is 1.00. The van der Waals surface area contributed by atoms with E-state index in [-0.39, 0.29) is 0 Å². The summed E-state index contributed by atoms with van der Waals surface area (Å²) in [7, 11) is 2.26. The second-order valence-corrected chi connectivity index (χ2v) is 5.34. The number of nitrogens with zero attached hydrogens (tertiary/aromatic N) is 2. The molecule has 17 heavy (non-hydrogen) atoms. The number of likely N-dealkylation sites (N-methyl/N-ethyl adjacent to an activating group) is 2. The molecule has 0 saturated heterocycles. The van der Waals surface area contributed by atoms with Crippen LogP contribution in [0.3, 0.4) is 0 Å². The largest absolute Gasteiger partial charge is 0.314 e. The van der Waals surface area contributed by atoms with Gasteiger partial charge in [0.15, 0.2) is 0 Å². The average Bonchev–Trinajstić information content (AvgIpc) is 3.16. The molecule has 0 aliphatic heterocycles. The molecule has 1 aliphatic carbocycles. The molecule has 0 spiro atoms. The van der Waals surface area contributed by atoms with E-state index in [0.717, 1.165) is 38.1 Å². The maximum atomic E-state index is 3.55. The Bertz CT molecular complexity index is 188. The molecule has 0 aromatic rings. The van der Waals surface area contributed by atoms with E-state index in [0.29, 0.717) is 0 Å². The van der Waals surface area contributed by atoms with E-state index in [4.69, 9.17) is 0 Å². The molecule has 3 nitrogen and oxygen atoms in total. The van der Waals surface area contributed by atoms with E-state index in [9.17, 15) is 0 Å². The summed E-state index contributed by atoms with van der Waals surface area (Å²) in [6.07, 6.45) is 2.89. The Morgan fingerprint density at radius 3 is 2.24 bits per heavy atom. The van der Waals surface area contributed by atoms with Gasteiger partial charge in [-0.2, -0.15) is 0 Å². The lowest BCUT2D eigenvalue weighted by Gasteiger charge is -2.25. The van der Waals surface area contributed by atoms with Gasteiger partial charge in [0.25, 0.3) is 0 Å². The molecule has 1 saturated carbocycles. The van der Waals surface area contributed by atoms with Crippen LogP contribution in [-0.4, -0.2) is 62.2 Å². The molecule has 1 unspecified atom stereocenters. The first-order valence-electron chi connectivity index (χ1n) is 7.32.